The van der Waals surface area contributed by atoms with E-state index >= 15 is 0 Å². The van der Waals surface area contributed by atoms with Gasteiger partial charge in [-0.1, -0.05) is 0 Å². The number of hydrogen-bond acceptors (Lipinski definition) is 4. The van der Waals surface area contributed by atoms with Crippen molar-refractivity contribution < 1.29 is 14.3 Å². The van der Waals surface area contributed by atoms with Crippen LogP contribution in [0.3, 0.4) is 0 Å². The van der Waals surface area contributed by atoms with Crippen molar-refractivity contribution in [2.24, 2.45) is 0 Å². The van der Waals surface area contributed by atoms with Crippen molar-refractivity contribution in [3.8, 4) is 11.5 Å². The Labute approximate surface area is 107 Å². The monoisotopic (exact) mass is 250 g/mol. The van der Waals surface area contributed by atoms with E-state index in [-0.39, 0.29) is 6.09 Å². The minimum atomic E-state index is -0.284. The number of rotatable bonds is 2. The predicted octanol–water partition coefficient (Wildman–Crippen LogP) is 1.44. The largest absolute Gasteiger partial charge is 0.497 e. The van der Waals surface area contributed by atoms with Crippen LogP contribution in [0, 0.1) is 0 Å². The van der Waals surface area contributed by atoms with Crippen LogP contribution in [0.5, 0.6) is 11.5 Å². The third-order valence-electron chi connectivity index (χ3n) is 3.03. The minimum absolute atomic E-state index is 0.284. The molecule has 1 aromatic carbocycles. The van der Waals surface area contributed by atoms with Crippen LogP contribution in [0.1, 0.15) is 0 Å². The summed E-state index contributed by atoms with van der Waals surface area (Å²) in [5, 5.41) is 0. The summed E-state index contributed by atoms with van der Waals surface area (Å²) in [6, 6.07) is 7.00. The lowest BCUT2D eigenvalue weighted by molar-refractivity contribution is 0.120. The van der Waals surface area contributed by atoms with Crippen LogP contribution >= 0.6 is 0 Å². The van der Waals surface area contributed by atoms with Gasteiger partial charge < -0.3 is 19.3 Å². The topological polar surface area (TPSA) is 42.0 Å². The molecule has 0 N–H and O–H groups in total. The summed E-state index contributed by atoms with van der Waals surface area (Å²) in [6.07, 6.45) is -0.284. The molecular weight excluding hydrogens is 232 g/mol. The van der Waals surface area contributed by atoms with Gasteiger partial charge in [0.2, 0.25) is 0 Å². The van der Waals surface area contributed by atoms with Crippen LogP contribution in [0.25, 0.3) is 0 Å². The lowest BCUT2D eigenvalue weighted by atomic mass is 10.3. The number of ether oxygens (including phenoxy) is 2. The van der Waals surface area contributed by atoms with Crippen molar-refractivity contribution >= 4 is 6.09 Å². The average molecular weight is 250 g/mol. The highest BCUT2D eigenvalue weighted by atomic mass is 16.6. The van der Waals surface area contributed by atoms with E-state index in [1.807, 2.05) is 7.05 Å². The highest BCUT2D eigenvalue weighted by Crippen LogP contribution is 2.18. The zero-order valence-electron chi connectivity index (χ0n) is 10.8. The van der Waals surface area contributed by atoms with Crippen molar-refractivity contribution in [1.82, 2.24) is 9.80 Å². The van der Waals surface area contributed by atoms with E-state index in [2.05, 4.69) is 4.90 Å². The van der Waals surface area contributed by atoms with Crippen LogP contribution in [-0.4, -0.2) is 56.2 Å². The molecule has 0 atom stereocenters. The number of carbonyl (C=O) groups is 1. The van der Waals surface area contributed by atoms with Crippen molar-refractivity contribution in [2.45, 2.75) is 0 Å². The van der Waals surface area contributed by atoms with Gasteiger partial charge in [-0.25, -0.2) is 4.79 Å². The molecule has 1 amide bonds. The maximum Gasteiger partial charge on any atom is 0.415 e. The highest BCUT2D eigenvalue weighted by Gasteiger charge is 2.20. The zero-order chi connectivity index (χ0) is 13.0. The summed E-state index contributed by atoms with van der Waals surface area (Å²) >= 11 is 0. The lowest BCUT2D eigenvalue weighted by Gasteiger charge is -2.31. The molecule has 98 valence electrons. The van der Waals surface area contributed by atoms with Gasteiger partial charge >= 0.3 is 6.09 Å². The van der Waals surface area contributed by atoms with E-state index in [1.165, 1.54) is 0 Å². The third-order valence-corrected chi connectivity index (χ3v) is 3.03. The average Bonchev–Trinajstić information content (AvgIpc) is 2.40. The van der Waals surface area contributed by atoms with Gasteiger partial charge in [0.15, 0.2) is 0 Å². The number of carbonyl (C=O) groups excluding carboxylic acids is 1. The molecule has 2 rings (SSSR count). The van der Waals surface area contributed by atoms with Gasteiger partial charge in [0, 0.05) is 26.2 Å². The van der Waals surface area contributed by atoms with E-state index in [4.69, 9.17) is 9.47 Å². The quantitative estimate of drug-likeness (QED) is 0.796. The number of likely N-dealkylation sites (N-methyl/N-ethyl adjacent to an activating group) is 1. The van der Waals surface area contributed by atoms with Crippen molar-refractivity contribution in [1.29, 1.82) is 0 Å². The normalized spacial score (nSPS) is 16.4. The molecule has 0 bridgehead atoms. The van der Waals surface area contributed by atoms with Crippen molar-refractivity contribution in [2.75, 3.05) is 40.3 Å². The Morgan fingerprint density at radius 1 is 1.06 bits per heavy atom. The first-order valence-corrected chi connectivity index (χ1v) is 5.98. The zero-order valence-corrected chi connectivity index (χ0v) is 10.8. The van der Waals surface area contributed by atoms with Gasteiger partial charge in [-0.2, -0.15) is 0 Å². The summed E-state index contributed by atoms with van der Waals surface area (Å²) in [5.74, 6) is 1.29. The Kier molecular flexibility index (Phi) is 4.04. The Morgan fingerprint density at radius 2 is 1.61 bits per heavy atom. The molecule has 5 nitrogen and oxygen atoms in total. The smallest absolute Gasteiger partial charge is 0.415 e. The van der Waals surface area contributed by atoms with Gasteiger partial charge in [-0.15, -0.1) is 0 Å². The fraction of sp³-hybridized carbons (Fsp3) is 0.462. The van der Waals surface area contributed by atoms with Crippen molar-refractivity contribution in [3.63, 3.8) is 0 Å². The fourth-order valence-electron chi connectivity index (χ4n) is 1.80. The summed E-state index contributed by atoms with van der Waals surface area (Å²) in [6.45, 7) is 3.20. The van der Waals surface area contributed by atoms with E-state index < -0.39 is 0 Å². The van der Waals surface area contributed by atoms with E-state index in [1.54, 1.807) is 36.3 Å². The summed E-state index contributed by atoms with van der Waals surface area (Å²) < 4.78 is 10.3. The first kappa shape index (κ1) is 12.7. The third kappa shape index (κ3) is 3.13. The molecular formula is C13H18N2O3. The van der Waals surface area contributed by atoms with E-state index in [0.29, 0.717) is 18.8 Å². The number of nitrogens with zero attached hydrogens (tertiary/aromatic N) is 2. The Bertz CT molecular complexity index is 397. The van der Waals surface area contributed by atoms with Crippen LogP contribution < -0.4 is 9.47 Å². The molecule has 1 aromatic rings. The second-order valence-electron chi connectivity index (χ2n) is 4.33. The number of methoxy groups -OCH3 is 1. The molecule has 1 fully saturated rings. The molecule has 1 saturated heterocycles. The molecule has 0 aliphatic carbocycles. The van der Waals surface area contributed by atoms with Gasteiger partial charge in [0.25, 0.3) is 0 Å². The number of piperazine rings is 1. The summed E-state index contributed by atoms with van der Waals surface area (Å²) in [5.41, 5.74) is 0. The van der Waals surface area contributed by atoms with Gasteiger partial charge in [-0.3, -0.25) is 0 Å². The number of amides is 1. The molecule has 18 heavy (non-hydrogen) atoms. The first-order chi connectivity index (χ1) is 8.69. The molecule has 1 heterocycles. The molecule has 1 aliphatic heterocycles. The Balaban J connectivity index is 1.90. The highest BCUT2D eigenvalue weighted by molar-refractivity contribution is 5.70. The summed E-state index contributed by atoms with van der Waals surface area (Å²) in [7, 11) is 3.65. The van der Waals surface area contributed by atoms with Crippen LogP contribution in [0.4, 0.5) is 4.79 Å². The second-order valence-corrected chi connectivity index (χ2v) is 4.33. The Morgan fingerprint density at radius 3 is 2.17 bits per heavy atom. The Hall–Kier alpha value is -1.75. The maximum atomic E-state index is 11.9. The predicted molar refractivity (Wildman–Crippen MR) is 68.1 cm³/mol. The fourth-order valence-corrected chi connectivity index (χ4v) is 1.80. The standard InChI is InChI=1S/C13H18N2O3/c1-14-7-9-15(10-8-14)13(16)18-12-5-3-11(17-2)4-6-12/h3-6H,7-10H2,1-2H3. The van der Waals surface area contributed by atoms with Crippen LogP contribution in [0.15, 0.2) is 24.3 Å². The number of benzene rings is 1. The maximum absolute atomic E-state index is 11.9. The molecule has 0 spiro atoms. The molecule has 0 aromatic heterocycles. The molecule has 1 aliphatic rings. The van der Waals surface area contributed by atoms with Gasteiger partial charge in [0.1, 0.15) is 11.5 Å². The molecule has 0 unspecified atom stereocenters. The molecule has 0 radical (unpaired) electrons. The van der Waals surface area contributed by atoms with Gasteiger partial charge in [0.05, 0.1) is 7.11 Å². The minimum Gasteiger partial charge on any atom is -0.497 e. The van der Waals surface area contributed by atoms with Crippen molar-refractivity contribution in [3.05, 3.63) is 24.3 Å². The SMILES string of the molecule is COc1ccc(OC(=O)N2CCN(C)CC2)cc1. The number of hydrogen-bond donors (Lipinski definition) is 0. The summed E-state index contributed by atoms with van der Waals surface area (Å²) in [4.78, 5) is 15.8. The van der Waals surface area contributed by atoms with E-state index in [0.717, 1.165) is 18.8 Å². The van der Waals surface area contributed by atoms with Crippen LogP contribution in [0.2, 0.25) is 0 Å². The van der Waals surface area contributed by atoms with E-state index in [9.17, 15) is 4.79 Å². The lowest BCUT2D eigenvalue weighted by Crippen LogP contribution is -2.48. The second kappa shape index (κ2) is 5.73. The first-order valence-electron chi connectivity index (χ1n) is 5.98. The van der Waals surface area contributed by atoms with Crippen LogP contribution in [-0.2, 0) is 0 Å². The molecule has 0 saturated carbocycles. The molecule has 5 heteroatoms. The van der Waals surface area contributed by atoms with Gasteiger partial charge in [-0.05, 0) is 31.3 Å².